The first-order valence-corrected chi connectivity index (χ1v) is 8.50. The molecule has 2 aliphatic rings. The lowest BCUT2D eigenvalue weighted by molar-refractivity contribution is -0.927. The first kappa shape index (κ1) is 14.7. The Labute approximate surface area is 128 Å². The fraction of sp³-hybridized carbons (Fsp3) is 0.667. The van der Waals surface area contributed by atoms with Crippen molar-refractivity contribution in [2.45, 2.75) is 38.6 Å². The normalized spacial score (nSPS) is 27.6. The number of para-hydroxylation sites is 2. The monoisotopic (exact) mass is 289 g/mol. The van der Waals surface area contributed by atoms with Crippen LogP contribution in [0.2, 0.25) is 0 Å². The van der Waals surface area contributed by atoms with E-state index < -0.39 is 0 Å². The van der Waals surface area contributed by atoms with Crippen LogP contribution in [0.5, 0.6) is 5.75 Å². The lowest BCUT2D eigenvalue weighted by atomic mass is 9.86. The molecule has 1 aliphatic carbocycles. The van der Waals surface area contributed by atoms with Crippen LogP contribution in [0.1, 0.15) is 32.6 Å². The molecule has 1 aromatic rings. The number of hydrogen-bond acceptors (Lipinski definition) is 2. The van der Waals surface area contributed by atoms with Gasteiger partial charge in [-0.3, -0.25) is 0 Å². The molecule has 2 fully saturated rings. The summed E-state index contributed by atoms with van der Waals surface area (Å²) in [5.74, 6) is 1.94. The van der Waals surface area contributed by atoms with Gasteiger partial charge in [0.2, 0.25) is 0 Å². The second kappa shape index (κ2) is 6.69. The van der Waals surface area contributed by atoms with E-state index in [2.05, 4.69) is 30.0 Å². The van der Waals surface area contributed by atoms with E-state index in [-0.39, 0.29) is 0 Å². The quantitative estimate of drug-likeness (QED) is 0.916. The van der Waals surface area contributed by atoms with Crippen LogP contribution >= 0.6 is 0 Å². The fourth-order valence-electron chi connectivity index (χ4n) is 4.14. The topological polar surface area (TPSA) is 16.9 Å². The third kappa shape index (κ3) is 3.34. The summed E-state index contributed by atoms with van der Waals surface area (Å²) in [5.41, 5.74) is 1.26. The highest BCUT2D eigenvalue weighted by Crippen LogP contribution is 2.27. The molecule has 0 unspecified atom stereocenters. The number of piperazine rings is 1. The summed E-state index contributed by atoms with van der Waals surface area (Å²) in [6.07, 6.45) is 5.75. The first-order chi connectivity index (χ1) is 10.3. The Morgan fingerprint density at radius 2 is 1.90 bits per heavy atom. The number of quaternary nitrogens is 1. The van der Waals surface area contributed by atoms with Crippen molar-refractivity contribution in [2.75, 3.05) is 38.2 Å². The van der Waals surface area contributed by atoms with E-state index in [9.17, 15) is 0 Å². The molecule has 0 amide bonds. The Balaban J connectivity index is 1.60. The summed E-state index contributed by atoms with van der Waals surface area (Å²) in [6.45, 7) is 7.28. The van der Waals surface area contributed by atoms with Crippen molar-refractivity contribution in [3.8, 4) is 5.75 Å². The average Bonchev–Trinajstić information content (AvgIpc) is 2.55. The number of nitrogens with one attached hydrogen (secondary N) is 1. The van der Waals surface area contributed by atoms with E-state index >= 15 is 0 Å². The number of hydrogen-bond donors (Lipinski definition) is 1. The third-order valence-electron chi connectivity index (χ3n) is 5.35. The summed E-state index contributed by atoms with van der Waals surface area (Å²) in [5, 5.41) is 0. The molecule has 0 radical (unpaired) electrons. The van der Waals surface area contributed by atoms with E-state index in [4.69, 9.17) is 4.74 Å². The number of rotatable bonds is 3. The van der Waals surface area contributed by atoms with Crippen molar-refractivity contribution in [3.63, 3.8) is 0 Å². The van der Waals surface area contributed by atoms with Crippen molar-refractivity contribution in [1.82, 2.24) is 0 Å². The molecule has 0 aromatic heterocycles. The molecule has 0 bridgehead atoms. The second-order valence-electron chi connectivity index (χ2n) is 6.79. The van der Waals surface area contributed by atoms with Gasteiger partial charge < -0.3 is 14.5 Å². The van der Waals surface area contributed by atoms with Gasteiger partial charge in [0.15, 0.2) is 0 Å². The molecule has 3 rings (SSSR count). The highest BCUT2D eigenvalue weighted by atomic mass is 16.5. The van der Waals surface area contributed by atoms with Crippen molar-refractivity contribution >= 4 is 5.69 Å². The molecule has 1 heterocycles. The lowest BCUT2D eigenvalue weighted by Crippen LogP contribution is -3.18. The smallest absolute Gasteiger partial charge is 0.142 e. The average molecular weight is 289 g/mol. The van der Waals surface area contributed by atoms with Gasteiger partial charge in [-0.1, -0.05) is 25.5 Å². The Kier molecular flexibility index (Phi) is 4.69. The minimum atomic E-state index is 0.911. The standard InChI is InChI=1S/C18H28N2O/c1-15-6-5-7-16(14-15)19-10-12-20(13-11-19)17-8-3-4-9-18(17)21-2/h3-4,8-9,15-16H,5-7,10-14H2,1-2H3/p+1/t15-,16+/m1/s1. The molecule has 116 valence electrons. The molecular formula is C18H29N2O+. The number of benzene rings is 1. The van der Waals surface area contributed by atoms with Gasteiger partial charge in [0.05, 0.1) is 45.0 Å². The molecular weight excluding hydrogens is 260 g/mol. The molecule has 1 saturated heterocycles. The van der Waals surface area contributed by atoms with Gasteiger partial charge in [-0.2, -0.15) is 0 Å². The van der Waals surface area contributed by atoms with Gasteiger partial charge in [-0.15, -0.1) is 0 Å². The van der Waals surface area contributed by atoms with Crippen molar-refractivity contribution < 1.29 is 9.64 Å². The molecule has 3 nitrogen and oxygen atoms in total. The van der Waals surface area contributed by atoms with Crippen LogP contribution in [-0.4, -0.2) is 39.3 Å². The van der Waals surface area contributed by atoms with Crippen LogP contribution in [0, 0.1) is 5.92 Å². The van der Waals surface area contributed by atoms with Crippen LogP contribution in [0.3, 0.4) is 0 Å². The Morgan fingerprint density at radius 1 is 1.14 bits per heavy atom. The highest BCUT2D eigenvalue weighted by molar-refractivity contribution is 5.58. The van der Waals surface area contributed by atoms with E-state index in [0.717, 1.165) is 30.8 Å². The number of nitrogens with zero attached hydrogens (tertiary/aromatic N) is 1. The van der Waals surface area contributed by atoms with E-state index in [1.54, 1.807) is 7.11 Å². The van der Waals surface area contributed by atoms with Crippen LogP contribution in [-0.2, 0) is 0 Å². The highest BCUT2D eigenvalue weighted by Gasteiger charge is 2.31. The van der Waals surface area contributed by atoms with E-state index in [1.807, 2.05) is 11.0 Å². The largest absolute Gasteiger partial charge is 0.495 e. The molecule has 1 aromatic carbocycles. The zero-order valence-electron chi connectivity index (χ0n) is 13.5. The molecule has 1 saturated carbocycles. The SMILES string of the molecule is COc1ccccc1N1CC[NH+]([C@H]2CCC[C@@H](C)C2)CC1. The number of ether oxygens (including phenoxy) is 1. The number of methoxy groups -OCH3 is 1. The summed E-state index contributed by atoms with van der Waals surface area (Å²) in [4.78, 5) is 4.34. The molecule has 1 aliphatic heterocycles. The minimum Gasteiger partial charge on any atom is -0.495 e. The maximum Gasteiger partial charge on any atom is 0.142 e. The number of anilines is 1. The van der Waals surface area contributed by atoms with Crippen molar-refractivity contribution in [2.24, 2.45) is 5.92 Å². The van der Waals surface area contributed by atoms with Gasteiger partial charge in [-0.05, 0) is 30.9 Å². The van der Waals surface area contributed by atoms with E-state index in [1.165, 1.54) is 44.5 Å². The van der Waals surface area contributed by atoms with Gasteiger partial charge in [0.25, 0.3) is 0 Å². The van der Waals surface area contributed by atoms with Crippen LogP contribution in [0.25, 0.3) is 0 Å². The Hall–Kier alpha value is -1.22. The third-order valence-corrected chi connectivity index (χ3v) is 5.35. The lowest BCUT2D eigenvalue weighted by Gasteiger charge is -2.40. The summed E-state index contributed by atoms with van der Waals surface area (Å²) in [7, 11) is 1.77. The Morgan fingerprint density at radius 3 is 2.62 bits per heavy atom. The summed E-state index contributed by atoms with van der Waals surface area (Å²) < 4.78 is 5.51. The summed E-state index contributed by atoms with van der Waals surface area (Å²) in [6, 6.07) is 9.32. The zero-order chi connectivity index (χ0) is 14.7. The maximum atomic E-state index is 5.51. The van der Waals surface area contributed by atoms with Crippen molar-refractivity contribution in [1.29, 1.82) is 0 Å². The van der Waals surface area contributed by atoms with Crippen LogP contribution in [0.15, 0.2) is 24.3 Å². The van der Waals surface area contributed by atoms with Crippen LogP contribution < -0.4 is 14.5 Å². The minimum absolute atomic E-state index is 0.911. The zero-order valence-corrected chi connectivity index (χ0v) is 13.5. The molecule has 1 N–H and O–H groups in total. The van der Waals surface area contributed by atoms with Crippen molar-refractivity contribution in [3.05, 3.63) is 24.3 Å². The van der Waals surface area contributed by atoms with Gasteiger partial charge in [-0.25, -0.2) is 0 Å². The summed E-state index contributed by atoms with van der Waals surface area (Å²) >= 11 is 0. The van der Waals surface area contributed by atoms with Gasteiger partial charge >= 0.3 is 0 Å². The predicted octanol–water partition coefficient (Wildman–Crippen LogP) is 1.98. The molecule has 3 heteroatoms. The van der Waals surface area contributed by atoms with Crippen LogP contribution in [0.4, 0.5) is 5.69 Å². The first-order valence-electron chi connectivity index (χ1n) is 8.50. The maximum absolute atomic E-state index is 5.51. The van der Waals surface area contributed by atoms with E-state index in [0.29, 0.717) is 0 Å². The molecule has 21 heavy (non-hydrogen) atoms. The molecule has 2 atom stereocenters. The second-order valence-corrected chi connectivity index (χ2v) is 6.79. The van der Waals surface area contributed by atoms with Gasteiger partial charge in [0, 0.05) is 6.42 Å². The fourth-order valence-corrected chi connectivity index (χ4v) is 4.14. The Bertz CT molecular complexity index is 454. The molecule has 0 spiro atoms. The van der Waals surface area contributed by atoms with Gasteiger partial charge in [0.1, 0.15) is 5.75 Å². The predicted molar refractivity (Wildman–Crippen MR) is 87.3 cm³/mol.